The maximum Gasteiger partial charge on any atom is 0.490 e. The molecule has 0 spiro atoms. The summed E-state index contributed by atoms with van der Waals surface area (Å²) in [5.41, 5.74) is 1.36. The maximum absolute atomic E-state index is 12.7. The van der Waals surface area contributed by atoms with Gasteiger partial charge in [-0.3, -0.25) is 9.69 Å². The Bertz CT molecular complexity index is 751. The number of thiophene rings is 1. The number of carboxylic acids is 1. The zero-order valence-electron chi connectivity index (χ0n) is 16.8. The number of carboxylic acid groups (broad SMARTS) is 1. The summed E-state index contributed by atoms with van der Waals surface area (Å²) < 4.78 is 37.7. The van der Waals surface area contributed by atoms with Gasteiger partial charge in [0.1, 0.15) is 0 Å². The Balaban J connectivity index is 0.000000318. The van der Waals surface area contributed by atoms with Crippen LogP contribution in [0.2, 0.25) is 0 Å². The Morgan fingerprint density at radius 3 is 2.57 bits per heavy atom. The highest BCUT2D eigenvalue weighted by Crippen LogP contribution is 2.35. The largest absolute Gasteiger partial charge is 0.490 e. The lowest BCUT2D eigenvalue weighted by Crippen LogP contribution is -2.52. The molecule has 4 rings (SSSR count). The molecule has 0 bridgehead atoms. The molecular formula is C20H27F3N2O4S. The van der Waals surface area contributed by atoms with Gasteiger partial charge in [-0.15, -0.1) is 11.3 Å². The van der Waals surface area contributed by atoms with Gasteiger partial charge in [0.25, 0.3) is 0 Å². The van der Waals surface area contributed by atoms with Crippen LogP contribution in [-0.4, -0.2) is 60.4 Å². The van der Waals surface area contributed by atoms with E-state index < -0.39 is 12.1 Å². The first kappa shape index (κ1) is 23.0. The van der Waals surface area contributed by atoms with E-state index in [0.717, 1.165) is 45.1 Å². The van der Waals surface area contributed by atoms with E-state index in [2.05, 4.69) is 28.6 Å². The second-order valence-corrected chi connectivity index (χ2v) is 9.18. The number of piperidine rings is 1. The van der Waals surface area contributed by atoms with Crippen molar-refractivity contribution in [1.82, 2.24) is 10.2 Å². The normalized spacial score (nSPS) is 26.5. The smallest absolute Gasteiger partial charge is 0.475 e. The molecule has 3 fully saturated rings. The zero-order valence-corrected chi connectivity index (χ0v) is 17.6. The van der Waals surface area contributed by atoms with Crippen LogP contribution in [0.5, 0.6) is 0 Å². The third kappa shape index (κ3) is 6.18. The maximum atomic E-state index is 12.7. The standard InChI is InChI=1S/C18H26N2O2S.C2HF3O2/c1-12-5-7-23-17(12)11-20-9-15(14-4-6-22-16(14)10-20)18(21)19-8-13-2-3-13;3-2(4,5)1(6)7/h5,7,13-16H,2-4,6,8-11H2,1H3,(H,19,21);(H,6,7)/t14-,15+,16+;/m0./s1. The third-order valence-electron chi connectivity index (χ3n) is 5.85. The van der Waals surface area contributed by atoms with Crippen LogP contribution in [0.15, 0.2) is 11.4 Å². The number of fused-ring (bicyclic) bond motifs is 1. The van der Waals surface area contributed by atoms with Crippen LogP contribution in [0.4, 0.5) is 13.2 Å². The molecule has 0 radical (unpaired) electrons. The molecule has 3 aliphatic rings. The van der Waals surface area contributed by atoms with Crippen molar-refractivity contribution in [3.8, 4) is 0 Å². The summed E-state index contributed by atoms with van der Waals surface area (Å²) in [6, 6.07) is 2.18. The number of aliphatic carboxylic acids is 1. The number of ether oxygens (including phenoxy) is 1. The average molecular weight is 449 g/mol. The molecule has 1 amide bonds. The van der Waals surface area contributed by atoms with Crippen molar-refractivity contribution >= 4 is 23.2 Å². The highest BCUT2D eigenvalue weighted by molar-refractivity contribution is 7.10. The zero-order chi connectivity index (χ0) is 21.9. The summed E-state index contributed by atoms with van der Waals surface area (Å²) in [6.07, 6.45) is -1.24. The Labute approximate surface area is 177 Å². The van der Waals surface area contributed by atoms with Gasteiger partial charge >= 0.3 is 12.1 Å². The van der Waals surface area contributed by atoms with Crippen molar-refractivity contribution in [2.24, 2.45) is 17.8 Å². The number of likely N-dealkylation sites (tertiary alicyclic amines) is 1. The molecule has 30 heavy (non-hydrogen) atoms. The van der Waals surface area contributed by atoms with Crippen LogP contribution in [-0.2, 0) is 20.9 Å². The molecule has 3 heterocycles. The minimum absolute atomic E-state index is 0.0928. The van der Waals surface area contributed by atoms with E-state index in [1.807, 2.05) is 11.3 Å². The molecule has 6 nitrogen and oxygen atoms in total. The summed E-state index contributed by atoms with van der Waals surface area (Å²) in [7, 11) is 0. The third-order valence-corrected chi connectivity index (χ3v) is 6.85. The molecule has 3 atom stereocenters. The van der Waals surface area contributed by atoms with Crippen molar-refractivity contribution in [2.45, 2.75) is 45.0 Å². The first-order valence-electron chi connectivity index (χ1n) is 10.1. The average Bonchev–Trinajstić information content (AvgIpc) is 3.24. The van der Waals surface area contributed by atoms with Crippen LogP contribution in [0.25, 0.3) is 0 Å². The van der Waals surface area contributed by atoms with E-state index in [1.54, 1.807) is 0 Å². The van der Waals surface area contributed by atoms with E-state index in [0.29, 0.717) is 5.92 Å². The SMILES string of the molecule is Cc1ccsc1CN1C[C@H]2OCC[C@H]2[C@H](C(=O)NCC2CC2)C1.O=C(O)C(F)(F)F. The second kappa shape index (κ2) is 9.65. The molecule has 168 valence electrons. The quantitative estimate of drug-likeness (QED) is 0.724. The number of rotatable bonds is 5. The minimum Gasteiger partial charge on any atom is -0.475 e. The number of nitrogens with zero attached hydrogens (tertiary/aromatic N) is 1. The fourth-order valence-electron chi connectivity index (χ4n) is 3.93. The van der Waals surface area contributed by atoms with Gasteiger partial charge in [0.15, 0.2) is 0 Å². The highest BCUT2D eigenvalue weighted by atomic mass is 32.1. The first-order chi connectivity index (χ1) is 14.1. The molecule has 0 aromatic carbocycles. The number of nitrogens with one attached hydrogen (secondary N) is 1. The van der Waals surface area contributed by atoms with Crippen LogP contribution < -0.4 is 5.32 Å². The fourth-order valence-corrected chi connectivity index (χ4v) is 4.88. The number of amides is 1. The van der Waals surface area contributed by atoms with Crippen LogP contribution in [0.3, 0.4) is 0 Å². The Morgan fingerprint density at radius 1 is 1.30 bits per heavy atom. The molecular weight excluding hydrogens is 421 g/mol. The summed E-state index contributed by atoms with van der Waals surface area (Å²) in [6.45, 7) is 6.64. The summed E-state index contributed by atoms with van der Waals surface area (Å²) in [5.74, 6) is -1.26. The Kier molecular flexibility index (Phi) is 7.41. The number of carbonyl (C=O) groups is 2. The highest BCUT2D eigenvalue weighted by Gasteiger charge is 2.44. The first-order valence-corrected chi connectivity index (χ1v) is 11.0. The molecule has 1 aromatic rings. The molecule has 2 aliphatic heterocycles. The van der Waals surface area contributed by atoms with Gasteiger partial charge in [-0.05, 0) is 49.1 Å². The monoisotopic (exact) mass is 448 g/mol. The van der Waals surface area contributed by atoms with Crippen molar-refractivity contribution < 1.29 is 32.6 Å². The van der Waals surface area contributed by atoms with Crippen LogP contribution in [0, 0.1) is 24.7 Å². The molecule has 10 heteroatoms. The molecule has 1 saturated carbocycles. The lowest BCUT2D eigenvalue weighted by atomic mass is 9.82. The number of carbonyl (C=O) groups excluding carboxylic acids is 1. The van der Waals surface area contributed by atoms with Gasteiger partial charge in [-0.25, -0.2) is 4.79 Å². The van der Waals surface area contributed by atoms with E-state index in [4.69, 9.17) is 14.6 Å². The second-order valence-electron chi connectivity index (χ2n) is 8.18. The van der Waals surface area contributed by atoms with E-state index in [-0.39, 0.29) is 17.9 Å². The molecule has 1 aromatic heterocycles. The van der Waals surface area contributed by atoms with Gasteiger partial charge in [0.2, 0.25) is 5.91 Å². The molecule has 2 N–H and O–H groups in total. The predicted molar refractivity (Wildman–Crippen MR) is 105 cm³/mol. The number of halogens is 3. The van der Waals surface area contributed by atoms with Gasteiger partial charge < -0.3 is 15.2 Å². The van der Waals surface area contributed by atoms with E-state index in [1.165, 1.54) is 23.3 Å². The number of alkyl halides is 3. The number of aryl methyl sites for hydroxylation is 1. The van der Waals surface area contributed by atoms with Crippen molar-refractivity contribution in [1.29, 1.82) is 0 Å². The topological polar surface area (TPSA) is 78.9 Å². The van der Waals surface area contributed by atoms with Crippen molar-refractivity contribution in [3.63, 3.8) is 0 Å². The van der Waals surface area contributed by atoms with E-state index in [9.17, 15) is 18.0 Å². The predicted octanol–water partition coefficient (Wildman–Crippen LogP) is 3.05. The molecule has 1 aliphatic carbocycles. The van der Waals surface area contributed by atoms with Gasteiger partial charge in [0, 0.05) is 43.6 Å². The fraction of sp³-hybridized carbons (Fsp3) is 0.700. The number of hydrogen-bond donors (Lipinski definition) is 2. The summed E-state index contributed by atoms with van der Waals surface area (Å²) >= 11 is 1.82. The van der Waals surface area contributed by atoms with E-state index >= 15 is 0 Å². The van der Waals surface area contributed by atoms with Gasteiger partial charge in [-0.1, -0.05) is 0 Å². The minimum atomic E-state index is -5.08. The van der Waals surface area contributed by atoms with Crippen molar-refractivity contribution in [3.05, 3.63) is 21.9 Å². The Morgan fingerprint density at radius 2 is 2.00 bits per heavy atom. The lowest BCUT2D eigenvalue weighted by Gasteiger charge is -2.39. The van der Waals surface area contributed by atoms with Gasteiger partial charge in [-0.2, -0.15) is 13.2 Å². The molecule has 0 unspecified atom stereocenters. The van der Waals surface area contributed by atoms with Crippen LogP contribution in [0.1, 0.15) is 29.7 Å². The van der Waals surface area contributed by atoms with Crippen molar-refractivity contribution in [2.75, 3.05) is 26.2 Å². The Hall–Kier alpha value is -1.65. The summed E-state index contributed by atoms with van der Waals surface area (Å²) in [5, 5.41) is 12.5. The van der Waals surface area contributed by atoms with Crippen LogP contribution >= 0.6 is 11.3 Å². The number of hydrogen-bond acceptors (Lipinski definition) is 5. The van der Waals surface area contributed by atoms with Gasteiger partial charge in [0.05, 0.1) is 12.0 Å². The molecule has 2 saturated heterocycles. The summed E-state index contributed by atoms with van der Waals surface area (Å²) in [4.78, 5) is 25.4. The lowest BCUT2D eigenvalue weighted by molar-refractivity contribution is -0.192.